The zero-order valence-corrected chi connectivity index (χ0v) is 19.1. The van der Waals surface area contributed by atoms with E-state index < -0.39 is 0 Å². The van der Waals surface area contributed by atoms with Crippen molar-refractivity contribution in [2.75, 3.05) is 5.43 Å². The van der Waals surface area contributed by atoms with Crippen LogP contribution in [0.4, 0.5) is 5.69 Å². The maximum absolute atomic E-state index is 6.25. The number of halogens is 2. The van der Waals surface area contributed by atoms with Crippen LogP contribution in [0.1, 0.15) is 17.5 Å². The Morgan fingerprint density at radius 1 is 1.00 bits per heavy atom. The second kappa shape index (κ2) is 9.47. The van der Waals surface area contributed by atoms with Gasteiger partial charge in [-0.1, -0.05) is 41.4 Å². The second-order valence-electron chi connectivity index (χ2n) is 6.68. The third-order valence-corrected chi connectivity index (χ3v) is 6.07. The van der Waals surface area contributed by atoms with Crippen LogP contribution in [0.5, 0.6) is 11.6 Å². The molecule has 2 aromatic heterocycles. The number of thiazole rings is 1. The van der Waals surface area contributed by atoms with Gasteiger partial charge in [-0.2, -0.15) is 5.10 Å². The van der Waals surface area contributed by atoms with E-state index in [4.69, 9.17) is 32.9 Å². The molecular weight excluding hydrogens is 451 g/mol. The molecule has 5 nitrogen and oxygen atoms in total. The lowest BCUT2D eigenvalue weighted by Crippen LogP contribution is -1.99. The van der Waals surface area contributed by atoms with Crippen molar-refractivity contribution in [2.24, 2.45) is 5.10 Å². The molecule has 0 atom stereocenters. The average Bonchev–Trinajstić information content (AvgIpc) is 3.16. The summed E-state index contributed by atoms with van der Waals surface area (Å²) in [6.07, 6.45) is 0. The van der Waals surface area contributed by atoms with Gasteiger partial charge >= 0.3 is 0 Å². The molecule has 31 heavy (non-hydrogen) atoms. The fourth-order valence-electron chi connectivity index (χ4n) is 2.84. The maximum Gasteiger partial charge on any atom is 0.221 e. The van der Waals surface area contributed by atoms with Gasteiger partial charge in [0.25, 0.3) is 0 Å². The number of ether oxygens (including phenoxy) is 1. The highest BCUT2D eigenvalue weighted by Crippen LogP contribution is 2.33. The van der Waals surface area contributed by atoms with Gasteiger partial charge in [-0.3, -0.25) is 5.43 Å². The third kappa shape index (κ3) is 5.41. The molecule has 0 bridgehead atoms. The Labute approximate surface area is 194 Å². The van der Waals surface area contributed by atoms with Gasteiger partial charge in [0.15, 0.2) is 0 Å². The lowest BCUT2D eigenvalue weighted by atomic mass is 10.2. The van der Waals surface area contributed by atoms with Crippen molar-refractivity contribution in [1.29, 1.82) is 0 Å². The van der Waals surface area contributed by atoms with E-state index in [1.54, 1.807) is 41.7 Å². The average molecular weight is 469 g/mol. The van der Waals surface area contributed by atoms with Crippen molar-refractivity contribution in [3.63, 3.8) is 0 Å². The lowest BCUT2D eigenvalue weighted by molar-refractivity contribution is 0.463. The Morgan fingerprint density at radius 2 is 1.74 bits per heavy atom. The predicted molar refractivity (Wildman–Crippen MR) is 129 cm³/mol. The fraction of sp³-hybridized carbons (Fsp3) is 0.0870. The first-order valence-electron chi connectivity index (χ1n) is 9.42. The number of pyridine rings is 1. The number of anilines is 1. The second-order valence-corrected chi connectivity index (χ2v) is 8.50. The Kier molecular flexibility index (Phi) is 6.51. The SMILES string of the molecule is C/C(=N/Nc1ccccc1)c1sc(-c2cc(Cl)nc(Oc3ccc(Cl)cc3)c2)nc1C. The summed E-state index contributed by atoms with van der Waals surface area (Å²) < 4.78 is 5.84. The summed E-state index contributed by atoms with van der Waals surface area (Å²) >= 11 is 13.7. The summed E-state index contributed by atoms with van der Waals surface area (Å²) in [5.41, 5.74) is 6.57. The summed E-state index contributed by atoms with van der Waals surface area (Å²) in [6, 6.07) is 20.4. The van der Waals surface area contributed by atoms with Gasteiger partial charge < -0.3 is 4.74 Å². The monoisotopic (exact) mass is 468 g/mol. The van der Waals surface area contributed by atoms with E-state index in [0.717, 1.165) is 32.5 Å². The highest BCUT2D eigenvalue weighted by atomic mass is 35.5. The number of nitrogens with zero attached hydrogens (tertiary/aromatic N) is 3. The number of benzene rings is 2. The topological polar surface area (TPSA) is 59.4 Å². The first-order valence-corrected chi connectivity index (χ1v) is 11.0. The molecule has 8 heteroatoms. The minimum absolute atomic E-state index is 0.326. The number of hydrogen-bond donors (Lipinski definition) is 1. The van der Waals surface area contributed by atoms with Crippen molar-refractivity contribution in [1.82, 2.24) is 9.97 Å². The van der Waals surface area contributed by atoms with E-state index in [1.807, 2.05) is 50.2 Å². The number of aromatic nitrogens is 2. The van der Waals surface area contributed by atoms with Crippen molar-refractivity contribution >= 4 is 45.9 Å². The van der Waals surface area contributed by atoms with Crippen LogP contribution >= 0.6 is 34.5 Å². The molecule has 0 saturated carbocycles. The Bertz CT molecular complexity index is 1220. The van der Waals surface area contributed by atoms with Gasteiger partial charge in [0.2, 0.25) is 5.88 Å². The predicted octanol–water partition coefficient (Wildman–Crippen LogP) is 7.45. The van der Waals surface area contributed by atoms with Crippen LogP contribution in [0.15, 0.2) is 71.8 Å². The lowest BCUT2D eigenvalue weighted by Gasteiger charge is -2.06. The van der Waals surface area contributed by atoms with Gasteiger partial charge in [-0.25, -0.2) is 9.97 Å². The van der Waals surface area contributed by atoms with Crippen molar-refractivity contribution in [3.05, 3.63) is 87.5 Å². The van der Waals surface area contributed by atoms with Crippen LogP contribution in [-0.2, 0) is 0 Å². The minimum Gasteiger partial charge on any atom is -0.439 e. The summed E-state index contributed by atoms with van der Waals surface area (Å²) in [5.74, 6) is 1.01. The summed E-state index contributed by atoms with van der Waals surface area (Å²) in [6.45, 7) is 3.92. The number of nitrogens with one attached hydrogen (secondary N) is 1. The normalized spacial score (nSPS) is 11.4. The molecule has 0 fully saturated rings. The van der Waals surface area contributed by atoms with E-state index in [1.165, 1.54) is 0 Å². The molecule has 1 N–H and O–H groups in total. The van der Waals surface area contributed by atoms with Gasteiger partial charge in [0.05, 0.1) is 22.0 Å². The number of para-hydroxylation sites is 1. The molecular formula is C23H18Cl2N4OS. The molecule has 0 unspecified atom stereocenters. The van der Waals surface area contributed by atoms with E-state index in [0.29, 0.717) is 21.8 Å². The summed E-state index contributed by atoms with van der Waals surface area (Å²) in [7, 11) is 0. The number of hydrogen-bond acceptors (Lipinski definition) is 6. The molecule has 0 amide bonds. The van der Waals surface area contributed by atoms with E-state index >= 15 is 0 Å². The quantitative estimate of drug-likeness (QED) is 0.181. The zero-order chi connectivity index (χ0) is 21.8. The summed E-state index contributed by atoms with van der Waals surface area (Å²) in [4.78, 5) is 9.96. The molecule has 156 valence electrons. The molecule has 0 spiro atoms. The summed E-state index contributed by atoms with van der Waals surface area (Å²) in [5, 5.41) is 6.27. The first kappa shape index (κ1) is 21.3. The largest absolute Gasteiger partial charge is 0.439 e. The van der Waals surface area contributed by atoms with E-state index in [2.05, 4.69) is 15.5 Å². The highest BCUT2D eigenvalue weighted by molar-refractivity contribution is 7.17. The molecule has 0 radical (unpaired) electrons. The highest BCUT2D eigenvalue weighted by Gasteiger charge is 2.14. The Balaban J connectivity index is 1.58. The number of rotatable bonds is 6. The van der Waals surface area contributed by atoms with Gasteiger partial charge in [-0.05, 0) is 56.3 Å². The first-order chi connectivity index (χ1) is 15.0. The van der Waals surface area contributed by atoms with Gasteiger partial charge in [0.1, 0.15) is 15.9 Å². The van der Waals surface area contributed by atoms with Crippen LogP contribution < -0.4 is 10.2 Å². The van der Waals surface area contributed by atoms with Crippen molar-refractivity contribution in [3.8, 4) is 22.2 Å². The molecule has 4 aromatic rings. The van der Waals surface area contributed by atoms with Crippen molar-refractivity contribution in [2.45, 2.75) is 13.8 Å². The fourth-order valence-corrected chi connectivity index (χ4v) is 4.16. The zero-order valence-electron chi connectivity index (χ0n) is 16.8. The molecule has 4 rings (SSSR count). The standard InChI is InChI=1S/C23H18Cl2N4OS/c1-14-22(15(2)28-29-18-6-4-3-5-7-18)31-23(26-14)16-12-20(25)27-21(13-16)30-19-10-8-17(24)9-11-19/h3-13,29H,1-2H3/b28-15-. The number of hydrazone groups is 1. The van der Waals surface area contributed by atoms with E-state index in [9.17, 15) is 0 Å². The molecule has 0 saturated heterocycles. The molecule has 0 aliphatic heterocycles. The van der Waals surface area contributed by atoms with Crippen LogP contribution in [-0.4, -0.2) is 15.7 Å². The molecule has 0 aliphatic rings. The van der Waals surface area contributed by atoms with Crippen LogP contribution in [0.25, 0.3) is 10.6 Å². The molecule has 2 heterocycles. The number of aryl methyl sites for hydroxylation is 1. The maximum atomic E-state index is 6.25. The smallest absolute Gasteiger partial charge is 0.221 e. The van der Waals surface area contributed by atoms with Crippen LogP contribution in [0, 0.1) is 6.92 Å². The Morgan fingerprint density at radius 3 is 2.48 bits per heavy atom. The van der Waals surface area contributed by atoms with Crippen LogP contribution in [0.3, 0.4) is 0 Å². The van der Waals surface area contributed by atoms with Crippen molar-refractivity contribution < 1.29 is 4.74 Å². The Hall–Kier alpha value is -2.93. The van der Waals surface area contributed by atoms with Gasteiger partial charge in [-0.15, -0.1) is 11.3 Å². The minimum atomic E-state index is 0.326. The van der Waals surface area contributed by atoms with Gasteiger partial charge in [0, 0.05) is 16.7 Å². The van der Waals surface area contributed by atoms with E-state index in [-0.39, 0.29) is 0 Å². The molecule has 2 aromatic carbocycles. The molecule has 0 aliphatic carbocycles. The third-order valence-electron chi connectivity index (χ3n) is 4.31. The van der Waals surface area contributed by atoms with Crippen LogP contribution in [0.2, 0.25) is 10.2 Å².